The fourth-order valence-corrected chi connectivity index (χ4v) is 3.51. The molecule has 1 aliphatic rings. The van der Waals surface area contributed by atoms with E-state index in [-0.39, 0.29) is 29.8 Å². The number of aromatic nitrogens is 3. The van der Waals surface area contributed by atoms with Gasteiger partial charge in [0.15, 0.2) is 0 Å². The standard InChI is InChI=1S/C18H19N5O3/c19-17(25)11-5-7-22(8-6-11)14(24)9-23-10-20-15-12-3-1-2-4-13(12)21-16(15)18(23)26/h1-4,10-11,21H,5-9H2,(H2,19,25). The van der Waals surface area contributed by atoms with Crippen molar-refractivity contribution in [1.82, 2.24) is 19.4 Å². The molecule has 0 spiro atoms. The molecular formula is C18H19N5O3. The summed E-state index contributed by atoms with van der Waals surface area (Å²) in [6.07, 6.45) is 2.55. The highest BCUT2D eigenvalue weighted by molar-refractivity contribution is 6.04. The van der Waals surface area contributed by atoms with Crippen molar-refractivity contribution in [3.05, 3.63) is 40.9 Å². The van der Waals surface area contributed by atoms with Crippen LogP contribution in [0.4, 0.5) is 0 Å². The highest BCUT2D eigenvalue weighted by atomic mass is 16.2. The predicted octanol–water partition coefficient (Wildman–Crippen LogP) is 0.602. The molecule has 4 rings (SSSR count). The third-order valence-corrected chi connectivity index (χ3v) is 5.04. The molecule has 0 saturated carbocycles. The van der Waals surface area contributed by atoms with Gasteiger partial charge in [-0.2, -0.15) is 0 Å². The van der Waals surface area contributed by atoms with Crippen LogP contribution in [0.25, 0.3) is 21.9 Å². The highest BCUT2D eigenvalue weighted by Gasteiger charge is 2.26. The van der Waals surface area contributed by atoms with Crippen molar-refractivity contribution in [2.75, 3.05) is 13.1 Å². The van der Waals surface area contributed by atoms with E-state index in [2.05, 4.69) is 9.97 Å². The van der Waals surface area contributed by atoms with Gasteiger partial charge in [0.25, 0.3) is 5.56 Å². The molecule has 3 heterocycles. The summed E-state index contributed by atoms with van der Waals surface area (Å²) < 4.78 is 1.32. The van der Waals surface area contributed by atoms with Crippen molar-refractivity contribution in [1.29, 1.82) is 0 Å². The lowest BCUT2D eigenvalue weighted by Crippen LogP contribution is -2.43. The number of para-hydroxylation sites is 1. The molecule has 8 nitrogen and oxygen atoms in total. The number of piperidine rings is 1. The van der Waals surface area contributed by atoms with Gasteiger partial charge in [-0.05, 0) is 18.9 Å². The van der Waals surface area contributed by atoms with Crippen molar-refractivity contribution < 1.29 is 9.59 Å². The number of H-pyrrole nitrogens is 1. The number of hydrogen-bond acceptors (Lipinski definition) is 4. The number of aromatic amines is 1. The Kier molecular flexibility index (Phi) is 3.95. The van der Waals surface area contributed by atoms with Gasteiger partial charge in [-0.3, -0.25) is 19.0 Å². The topological polar surface area (TPSA) is 114 Å². The molecule has 3 aromatic rings. The summed E-state index contributed by atoms with van der Waals surface area (Å²) in [5.41, 5.74) is 6.89. The first-order chi connectivity index (χ1) is 12.5. The minimum Gasteiger partial charge on any atom is -0.369 e. The molecule has 1 aliphatic heterocycles. The fraction of sp³-hybridized carbons (Fsp3) is 0.333. The van der Waals surface area contributed by atoms with Gasteiger partial charge in [-0.1, -0.05) is 18.2 Å². The molecule has 2 aromatic heterocycles. The fourth-order valence-electron chi connectivity index (χ4n) is 3.51. The summed E-state index contributed by atoms with van der Waals surface area (Å²) in [5.74, 6) is -0.653. The van der Waals surface area contributed by atoms with E-state index >= 15 is 0 Å². The van der Waals surface area contributed by atoms with Crippen LogP contribution >= 0.6 is 0 Å². The van der Waals surface area contributed by atoms with Crippen molar-refractivity contribution >= 4 is 33.8 Å². The molecule has 0 atom stereocenters. The van der Waals surface area contributed by atoms with Gasteiger partial charge >= 0.3 is 0 Å². The third-order valence-electron chi connectivity index (χ3n) is 5.04. The van der Waals surface area contributed by atoms with Gasteiger partial charge in [0, 0.05) is 29.9 Å². The monoisotopic (exact) mass is 353 g/mol. The SMILES string of the molecule is NC(=O)C1CCN(C(=O)Cn2cnc3c([nH]c4ccccc43)c2=O)CC1. The highest BCUT2D eigenvalue weighted by Crippen LogP contribution is 2.21. The molecule has 2 amide bonds. The second kappa shape index (κ2) is 6.29. The van der Waals surface area contributed by atoms with E-state index in [9.17, 15) is 14.4 Å². The zero-order chi connectivity index (χ0) is 18.3. The predicted molar refractivity (Wildman–Crippen MR) is 96.4 cm³/mol. The van der Waals surface area contributed by atoms with Crippen LogP contribution in [0, 0.1) is 5.92 Å². The van der Waals surface area contributed by atoms with E-state index in [4.69, 9.17) is 5.73 Å². The number of carbonyl (C=O) groups excluding carboxylic acids is 2. The zero-order valence-electron chi connectivity index (χ0n) is 14.1. The number of fused-ring (bicyclic) bond motifs is 3. The molecule has 1 saturated heterocycles. The average molecular weight is 353 g/mol. The van der Waals surface area contributed by atoms with Crippen molar-refractivity contribution in [3.63, 3.8) is 0 Å². The number of likely N-dealkylation sites (tertiary alicyclic amines) is 1. The first kappa shape index (κ1) is 16.3. The number of primary amides is 1. The zero-order valence-corrected chi connectivity index (χ0v) is 14.1. The molecule has 26 heavy (non-hydrogen) atoms. The lowest BCUT2D eigenvalue weighted by molar-refractivity contribution is -0.135. The minimum absolute atomic E-state index is 0.0711. The lowest BCUT2D eigenvalue weighted by atomic mass is 9.96. The van der Waals surface area contributed by atoms with E-state index in [0.717, 1.165) is 10.9 Å². The number of nitrogens with zero attached hydrogens (tertiary/aromatic N) is 3. The molecule has 0 aliphatic carbocycles. The van der Waals surface area contributed by atoms with Crippen LogP contribution in [0.1, 0.15) is 12.8 Å². The van der Waals surface area contributed by atoms with Crippen LogP contribution in [-0.2, 0) is 16.1 Å². The first-order valence-corrected chi connectivity index (χ1v) is 8.57. The van der Waals surface area contributed by atoms with Crippen LogP contribution in [0.15, 0.2) is 35.4 Å². The van der Waals surface area contributed by atoms with E-state index in [0.29, 0.717) is 37.0 Å². The number of rotatable bonds is 3. The van der Waals surface area contributed by atoms with Gasteiger partial charge in [-0.15, -0.1) is 0 Å². The Morgan fingerprint density at radius 2 is 1.96 bits per heavy atom. The van der Waals surface area contributed by atoms with Crippen LogP contribution in [-0.4, -0.2) is 44.3 Å². The second-order valence-corrected chi connectivity index (χ2v) is 6.63. The largest absolute Gasteiger partial charge is 0.369 e. The second-order valence-electron chi connectivity index (χ2n) is 6.63. The Morgan fingerprint density at radius 3 is 2.69 bits per heavy atom. The van der Waals surface area contributed by atoms with Gasteiger partial charge in [0.2, 0.25) is 11.8 Å². The Labute approximate surface area is 148 Å². The smallest absolute Gasteiger partial charge is 0.278 e. The summed E-state index contributed by atoms with van der Waals surface area (Å²) >= 11 is 0. The summed E-state index contributed by atoms with van der Waals surface area (Å²) in [7, 11) is 0. The third kappa shape index (κ3) is 2.73. The summed E-state index contributed by atoms with van der Waals surface area (Å²) in [6, 6.07) is 7.56. The Morgan fingerprint density at radius 1 is 1.23 bits per heavy atom. The number of nitrogens with two attached hydrogens (primary N) is 1. The summed E-state index contributed by atoms with van der Waals surface area (Å²) in [4.78, 5) is 45.6. The molecule has 8 heteroatoms. The Balaban J connectivity index is 1.57. The normalized spacial score (nSPS) is 15.6. The maximum Gasteiger partial charge on any atom is 0.278 e. The Bertz CT molecular complexity index is 1060. The van der Waals surface area contributed by atoms with E-state index in [1.54, 1.807) is 4.90 Å². The van der Waals surface area contributed by atoms with Crippen LogP contribution in [0.3, 0.4) is 0 Å². The molecule has 0 bridgehead atoms. The molecule has 0 radical (unpaired) electrons. The molecule has 1 aromatic carbocycles. The molecule has 134 valence electrons. The van der Waals surface area contributed by atoms with E-state index < -0.39 is 0 Å². The van der Waals surface area contributed by atoms with Gasteiger partial charge in [0.05, 0.1) is 6.33 Å². The molecule has 1 fully saturated rings. The number of hydrogen-bond donors (Lipinski definition) is 2. The van der Waals surface area contributed by atoms with Gasteiger partial charge in [0.1, 0.15) is 17.6 Å². The lowest BCUT2D eigenvalue weighted by Gasteiger charge is -2.30. The van der Waals surface area contributed by atoms with Crippen molar-refractivity contribution in [2.24, 2.45) is 11.7 Å². The van der Waals surface area contributed by atoms with Crippen molar-refractivity contribution in [3.8, 4) is 0 Å². The van der Waals surface area contributed by atoms with Crippen LogP contribution in [0.2, 0.25) is 0 Å². The van der Waals surface area contributed by atoms with Gasteiger partial charge in [-0.25, -0.2) is 4.98 Å². The van der Waals surface area contributed by atoms with E-state index in [1.807, 2.05) is 24.3 Å². The number of nitrogens with one attached hydrogen (secondary N) is 1. The van der Waals surface area contributed by atoms with Gasteiger partial charge < -0.3 is 15.6 Å². The number of benzene rings is 1. The van der Waals surface area contributed by atoms with Crippen molar-refractivity contribution in [2.45, 2.75) is 19.4 Å². The molecular weight excluding hydrogens is 334 g/mol. The maximum absolute atomic E-state index is 12.7. The number of amides is 2. The van der Waals surface area contributed by atoms with Crippen LogP contribution in [0.5, 0.6) is 0 Å². The molecule has 3 N–H and O–H groups in total. The Hall–Kier alpha value is -3.16. The van der Waals surface area contributed by atoms with E-state index in [1.165, 1.54) is 10.9 Å². The first-order valence-electron chi connectivity index (χ1n) is 8.57. The maximum atomic E-state index is 12.7. The molecule has 0 unspecified atom stereocenters. The summed E-state index contributed by atoms with van der Waals surface area (Å²) in [5, 5.41) is 0.881. The minimum atomic E-state index is -0.318. The summed E-state index contributed by atoms with van der Waals surface area (Å²) in [6.45, 7) is 0.880. The van der Waals surface area contributed by atoms with Crippen LogP contribution < -0.4 is 11.3 Å². The quantitative estimate of drug-likeness (QED) is 0.717. The average Bonchev–Trinajstić information content (AvgIpc) is 3.03. The number of carbonyl (C=O) groups is 2.